The fraction of sp³-hybridized carbons (Fsp3) is 0.636. The highest BCUT2D eigenvalue weighted by atomic mass is 19.4. The smallest absolute Gasteiger partial charge is 0.373 e. The minimum Gasteiger partial charge on any atom is -0.373 e. The second-order valence-corrected chi connectivity index (χ2v) is 3.87. The van der Waals surface area contributed by atoms with Gasteiger partial charge in [0.05, 0.1) is 0 Å². The monoisotopic (exact) mass is 262 g/mol. The molecular weight excluding hydrogens is 245 g/mol. The summed E-state index contributed by atoms with van der Waals surface area (Å²) < 4.78 is 37.8. The third kappa shape index (κ3) is 3.75. The van der Waals surface area contributed by atoms with Gasteiger partial charge in [-0.2, -0.15) is 13.2 Å². The van der Waals surface area contributed by atoms with E-state index < -0.39 is 12.0 Å². The lowest BCUT2D eigenvalue weighted by Crippen LogP contribution is -2.20. The maximum absolute atomic E-state index is 12.6. The van der Waals surface area contributed by atoms with Crippen LogP contribution in [0.15, 0.2) is 6.07 Å². The van der Waals surface area contributed by atoms with Crippen LogP contribution in [0.25, 0.3) is 0 Å². The summed E-state index contributed by atoms with van der Waals surface area (Å²) in [6, 6.07) is 1.57. The van der Waals surface area contributed by atoms with Crippen molar-refractivity contribution in [1.82, 2.24) is 9.97 Å². The Kier molecular flexibility index (Phi) is 4.75. The van der Waals surface area contributed by atoms with Crippen molar-refractivity contribution in [3.8, 4) is 0 Å². The number of hydrogen-bond acceptors (Lipinski definition) is 4. The number of rotatable bonds is 5. The van der Waals surface area contributed by atoms with Crippen molar-refractivity contribution >= 4 is 11.6 Å². The van der Waals surface area contributed by atoms with Gasteiger partial charge in [0.25, 0.3) is 0 Å². The van der Waals surface area contributed by atoms with Crippen LogP contribution in [0, 0.1) is 0 Å². The van der Waals surface area contributed by atoms with Crippen molar-refractivity contribution in [2.45, 2.75) is 38.9 Å². The molecule has 1 heterocycles. The summed E-state index contributed by atoms with van der Waals surface area (Å²) in [5.74, 6) is -0.802. The molecule has 1 aromatic rings. The molecule has 0 amide bonds. The first-order valence-electron chi connectivity index (χ1n) is 5.81. The van der Waals surface area contributed by atoms with E-state index in [0.717, 1.165) is 12.8 Å². The Hall–Kier alpha value is -1.53. The Labute approximate surface area is 104 Å². The summed E-state index contributed by atoms with van der Waals surface area (Å²) in [6.07, 6.45) is -2.91. The molecule has 0 bridgehead atoms. The quantitative estimate of drug-likeness (QED) is 0.856. The molecule has 0 aromatic carbocycles. The normalized spacial score (nSPS) is 11.7. The number of nitrogens with one attached hydrogen (secondary N) is 2. The molecule has 2 N–H and O–H groups in total. The number of hydrogen-bond donors (Lipinski definition) is 2. The van der Waals surface area contributed by atoms with Gasteiger partial charge in [-0.15, -0.1) is 0 Å². The van der Waals surface area contributed by atoms with Gasteiger partial charge in [-0.1, -0.05) is 13.8 Å². The summed E-state index contributed by atoms with van der Waals surface area (Å²) >= 11 is 0. The molecule has 1 rings (SSSR count). The van der Waals surface area contributed by atoms with Crippen LogP contribution in [0.2, 0.25) is 0 Å². The van der Waals surface area contributed by atoms with E-state index >= 15 is 0 Å². The van der Waals surface area contributed by atoms with Gasteiger partial charge < -0.3 is 10.6 Å². The minimum atomic E-state index is -4.54. The molecule has 1 aromatic heterocycles. The van der Waals surface area contributed by atoms with E-state index in [0.29, 0.717) is 0 Å². The molecule has 0 saturated heterocycles. The number of nitrogens with zero attached hydrogens (tertiary/aromatic N) is 2. The molecule has 18 heavy (non-hydrogen) atoms. The largest absolute Gasteiger partial charge is 0.451 e. The fourth-order valence-corrected chi connectivity index (χ4v) is 1.48. The van der Waals surface area contributed by atoms with Crippen molar-refractivity contribution in [3.63, 3.8) is 0 Å². The van der Waals surface area contributed by atoms with Crippen LogP contribution in [-0.2, 0) is 6.18 Å². The van der Waals surface area contributed by atoms with Crippen LogP contribution in [0.1, 0.15) is 32.5 Å². The average Bonchev–Trinajstić information content (AvgIpc) is 2.34. The number of anilines is 2. The highest BCUT2D eigenvalue weighted by Gasteiger charge is 2.35. The van der Waals surface area contributed by atoms with Gasteiger partial charge in [-0.3, -0.25) is 0 Å². The molecule has 0 saturated carbocycles. The van der Waals surface area contributed by atoms with E-state index in [-0.39, 0.29) is 17.7 Å². The maximum Gasteiger partial charge on any atom is 0.451 e. The van der Waals surface area contributed by atoms with Crippen molar-refractivity contribution < 1.29 is 13.2 Å². The first kappa shape index (κ1) is 14.5. The van der Waals surface area contributed by atoms with Gasteiger partial charge in [0.2, 0.25) is 5.82 Å². The van der Waals surface area contributed by atoms with Crippen LogP contribution in [0.3, 0.4) is 0 Å². The van der Waals surface area contributed by atoms with Crippen LogP contribution >= 0.6 is 0 Å². The SMILES string of the molecule is CCC(CC)Nc1cc(NC)nc(C(F)(F)F)n1. The Morgan fingerprint density at radius 3 is 2.17 bits per heavy atom. The topological polar surface area (TPSA) is 49.8 Å². The second kappa shape index (κ2) is 5.88. The van der Waals surface area contributed by atoms with E-state index in [9.17, 15) is 13.2 Å². The van der Waals surface area contributed by atoms with Gasteiger partial charge in [-0.25, -0.2) is 9.97 Å². The molecule has 102 valence electrons. The van der Waals surface area contributed by atoms with Crippen LogP contribution in [0.5, 0.6) is 0 Å². The zero-order chi connectivity index (χ0) is 13.8. The first-order chi connectivity index (χ1) is 8.40. The van der Waals surface area contributed by atoms with Crippen LogP contribution in [0.4, 0.5) is 24.8 Å². The van der Waals surface area contributed by atoms with Crippen molar-refractivity contribution in [2.24, 2.45) is 0 Å². The highest BCUT2D eigenvalue weighted by Crippen LogP contribution is 2.28. The third-order valence-corrected chi connectivity index (χ3v) is 2.57. The van der Waals surface area contributed by atoms with E-state index in [4.69, 9.17) is 0 Å². The average molecular weight is 262 g/mol. The van der Waals surface area contributed by atoms with Crippen molar-refractivity contribution in [3.05, 3.63) is 11.9 Å². The highest BCUT2D eigenvalue weighted by molar-refractivity contribution is 5.48. The standard InChI is InChI=1S/C11H17F3N4/c1-4-7(5-2)16-9-6-8(15-3)17-10(18-9)11(12,13)14/h6-7H,4-5H2,1-3H3,(H2,15,16,17,18). The fourth-order valence-electron chi connectivity index (χ4n) is 1.48. The Morgan fingerprint density at radius 2 is 1.72 bits per heavy atom. The molecule has 7 heteroatoms. The molecule has 0 unspecified atom stereocenters. The van der Waals surface area contributed by atoms with Gasteiger partial charge in [0.1, 0.15) is 11.6 Å². The molecule has 0 aliphatic carbocycles. The minimum absolute atomic E-state index is 0.102. The molecule has 0 atom stereocenters. The van der Waals surface area contributed by atoms with Gasteiger partial charge in [0.15, 0.2) is 0 Å². The first-order valence-corrected chi connectivity index (χ1v) is 5.81. The van der Waals surface area contributed by atoms with Gasteiger partial charge >= 0.3 is 6.18 Å². The molecular formula is C11H17F3N4. The van der Waals surface area contributed by atoms with Gasteiger partial charge in [0, 0.05) is 19.2 Å². The zero-order valence-corrected chi connectivity index (χ0v) is 10.6. The third-order valence-electron chi connectivity index (χ3n) is 2.57. The lowest BCUT2D eigenvalue weighted by molar-refractivity contribution is -0.144. The lowest BCUT2D eigenvalue weighted by atomic mass is 10.2. The molecule has 0 aliphatic heterocycles. The Balaban J connectivity index is 3.04. The summed E-state index contributed by atoms with van der Waals surface area (Å²) in [5.41, 5.74) is 0. The second-order valence-electron chi connectivity index (χ2n) is 3.87. The van der Waals surface area contributed by atoms with Gasteiger partial charge in [-0.05, 0) is 12.8 Å². The Bertz CT molecular complexity index is 388. The number of halogens is 3. The van der Waals surface area contributed by atoms with E-state index in [1.165, 1.54) is 13.1 Å². The summed E-state index contributed by atoms with van der Waals surface area (Å²) in [6.45, 7) is 3.93. The summed E-state index contributed by atoms with van der Waals surface area (Å²) in [7, 11) is 1.52. The summed E-state index contributed by atoms with van der Waals surface area (Å²) in [4.78, 5) is 6.90. The van der Waals surface area contributed by atoms with Crippen LogP contribution < -0.4 is 10.6 Å². The lowest BCUT2D eigenvalue weighted by Gasteiger charge is -2.17. The Morgan fingerprint density at radius 1 is 1.17 bits per heavy atom. The maximum atomic E-state index is 12.6. The predicted octanol–water partition coefficient (Wildman–Crippen LogP) is 3.14. The molecule has 0 aliphatic rings. The van der Waals surface area contributed by atoms with Crippen LogP contribution in [-0.4, -0.2) is 23.1 Å². The van der Waals surface area contributed by atoms with E-state index in [1.54, 1.807) is 0 Å². The molecule has 0 radical (unpaired) electrons. The van der Waals surface area contributed by atoms with E-state index in [1.807, 2.05) is 13.8 Å². The summed E-state index contributed by atoms with van der Waals surface area (Å²) in [5, 5.41) is 5.57. The predicted molar refractivity (Wildman–Crippen MR) is 64.6 cm³/mol. The zero-order valence-electron chi connectivity index (χ0n) is 10.6. The molecule has 0 fully saturated rings. The molecule has 4 nitrogen and oxygen atoms in total. The van der Waals surface area contributed by atoms with E-state index in [2.05, 4.69) is 20.6 Å². The van der Waals surface area contributed by atoms with Crippen molar-refractivity contribution in [1.29, 1.82) is 0 Å². The number of aromatic nitrogens is 2. The molecule has 0 spiro atoms. The number of alkyl halides is 3. The van der Waals surface area contributed by atoms with Crippen molar-refractivity contribution in [2.75, 3.05) is 17.7 Å².